The Balaban J connectivity index is 1.33. The Hall–Kier alpha value is -2.13. The zero-order chi connectivity index (χ0) is 23.5. The number of nitriles is 1. The maximum atomic E-state index is 13.7. The summed E-state index contributed by atoms with van der Waals surface area (Å²) < 4.78 is 27.3. The van der Waals surface area contributed by atoms with Crippen LogP contribution < -0.4 is 0 Å². The molecule has 33 heavy (non-hydrogen) atoms. The lowest BCUT2D eigenvalue weighted by Gasteiger charge is -2.31. The molecule has 0 N–H and O–H groups in total. The maximum Gasteiger partial charge on any atom is 0.145 e. The Morgan fingerprint density at radius 1 is 0.848 bits per heavy atom. The van der Waals surface area contributed by atoms with Crippen molar-refractivity contribution in [3.63, 3.8) is 0 Å². The molecular formula is C30H39F2N. The lowest BCUT2D eigenvalue weighted by molar-refractivity contribution is 0.219. The number of allylic oxidation sites excluding steroid dienone is 2. The fourth-order valence-corrected chi connectivity index (χ4v) is 5.69. The third kappa shape index (κ3) is 8.30. The molecule has 178 valence electrons. The molecule has 0 unspecified atom stereocenters. The molecule has 1 nitrogen and oxygen atoms in total. The summed E-state index contributed by atoms with van der Waals surface area (Å²) in [6.45, 7) is 2.29. The summed E-state index contributed by atoms with van der Waals surface area (Å²) in [5.41, 5.74) is -0.296. The molecule has 0 saturated heterocycles. The van der Waals surface area contributed by atoms with Gasteiger partial charge in [0.2, 0.25) is 0 Å². The maximum absolute atomic E-state index is 13.7. The van der Waals surface area contributed by atoms with Crippen molar-refractivity contribution in [1.82, 2.24) is 0 Å². The van der Waals surface area contributed by atoms with E-state index in [9.17, 15) is 8.78 Å². The molecule has 0 spiro atoms. The standard InChI is InChI=1S/C30H39F2N/c1-2-3-4-7-23-10-14-25(15-11-23)18-19-26-16-12-24(13-17-26)8-5-6-9-27-20-29(31)28(22-33)30(32)21-27/h5,8,20-21,23-26H,2-4,7,10-19H2,1H3/b8-5+. The van der Waals surface area contributed by atoms with E-state index >= 15 is 0 Å². The van der Waals surface area contributed by atoms with Crippen molar-refractivity contribution >= 4 is 0 Å². The highest BCUT2D eigenvalue weighted by Crippen LogP contribution is 2.38. The summed E-state index contributed by atoms with van der Waals surface area (Å²) in [6.07, 6.45) is 23.3. The van der Waals surface area contributed by atoms with Gasteiger partial charge in [-0.05, 0) is 67.6 Å². The summed E-state index contributed by atoms with van der Waals surface area (Å²) in [6, 6.07) is 3.77. The van der Waals surface area contributed by atoms with Gasteiger partial charge in [-0.1, -0.05) is 89.0 Å². The van der Waals surface area contributed by atoms with Gasteiger partial charge in [0, 0.05) is 5.56 Å². The van der Waals surface area contributed by atoms with Crippen LogP contribution in [0, 0.1) is 58.5 Å². The van der Waals surface area contributed by atoms with Gasteiger partial charge in [-0.25, -0.2) is 8.78 Å². The van der Waals surface area contributed by atoms with Gasteiger partial charge in [-0.2, -0.15) is 5.26 Å². The predicted octanol–water partition coefficient (Wildman–Crippen LogP) is 8.72. The second-order valence-corrected chi connectivity index (χ2v) is 10.3. The smallest absolute Gasteiger partial charge is 0.145 e. The zero-order valence-corrected chi connectivity index (χ0v) is 20.2. The van der Waals surface area contributed by atoms with Gasteiger partial charge in [0.25, 0.3) is 0 Å². The SMILES string of the molecule is CCCCCC1CCC(CCC2CCC(/C=C/C#Cc3cc(F)c(C#N)c(F)c3)CC2)CC1. The molecule has 3 rings (SSSR count). The molecule has 0 bridgehead atoms. The van der Waals surface area contributed by atoms with Gasteiger partial charge >= 0.3 is 0 Å². The molecule has 3 heteroatoms. The minimum Gasteiger partial charge on any atom is -0.205 e. The van der Waals surface area contributed by atoms with E-state index < -0.39 is 17.2 Å². The number of unbranched alkanes of at least 4 members (excludes halogenated alkanes) is 2. The highest BCUT2D eigenvalue weighted by molar-refractivity contribution is 5.43. The van der Waals surface area contributed by atoms with Crippen LogP contribution in [-0.4, -0.2) is 0 Å². The summed E-state index contributed by atoms with van der Waals surface area (Å²) in [5.74, 6) is 7.37. The van der Waals surface area contributed by atoms with Crippen molar-refractivity contribution in [1.29, 1.82) is 5.26 Å². The number of nitrogens with zero attached hydrogens (tertiary/aromatic N) is 1. The number of halogens is 2. The fraction of sp³-hybridized carbons (Fsp3) is 0.633. The molecule has 0 atom stereocenters. The molecule has 0 radical (unpaired) electrons. The molecule has 1 aromatic carbocycles. The molecule has 1 aromatic rings. The third-order valence-corrected chi connectivity index (χ3v) is 7.88. The minimum atomic E-state index is -0.857. The first kappa shape index (κ1) is 25.5. The van der Waals surface area contributed by atoms with E-state index in [0.29, 0.717) is 5.92 Å². The van der Waals surface area contributed by atoms with Crippen molar-refractivity contribution in [2.24, 2.45) is 23.7 Å². The van der Waals surface area contributed by atoms with E-state index in [-0.39, 0.29) is 5.56 Å². The number of benzene rings is 1. The Bertz CT molecular complexity index is 846. The Kier molecular flexibility index (Phi) is 10.5. The lowest BCUT2D eigenvalue weighted by atomic mass is 9.75. The van der Waals surface area contributed by atoms with Crippen molar-refractivity contribution in [2.75, 3.05) is 0 Å². The molecule has 0 aromatic heterocycles. The van der Waals surface area contributed by atoms with E-state index in [0.717, 1.165) is 29.9 Å². The van der Waals surface area contributed by atoms with Crippen molar-refractivity contribution in [2.45, 2.75) is 96.8 Å². The van der Waals surface area contributed by atoms with E-state index in [1.165, 1.54) is 96.0 Å². The van der Waals surface area contributed by atoms with Gasteiger partial charge in [0.1, 0.15) is 23.3 Å². The zero-order valence-electron chi connectivity index (χ0n) is 20.2. The average Bonchev–Trinajstić information content (AvgIpc) is 2.82. The summed E-state index contributed by atoms with van der Waals surface area (Å²) in [7, 11) is 0. The summed E-state index contributed by atoms with van der Waals surface area (Å²) in [5, 5.41) is 8.73. The lowest BCUT2D eigenvalue weighted by Crippen LogP contribution is -2.17. The van der Waals surface area contributed by atoms with Gasteiger partial charge in [-0.15, -0.1) is 0 Å². The third-order valence-electron chi connectivity index (χ3n) is 7.88. The van der Waals surface area contributed by atoms with Gasteiger partial charge in [0.05, 0.1) is 0 Å². The molecule has 2 aliphatic carbocycles. The number of hydrogen-bond acceptors (Lipinski definition) is 1. The van der Waals surface area contributed by atoms with Crippen molar-refractivity contribution in [3.8, 4) is 17.9 Å². The van der Waals surface area contributed by atoms with Crippen LogP contribution in [0.25, 0.3) is 0 Å². The van der Waals surface area contributed by atoms with Crippen LogP contribution in [0.15, 0.2) is 24.3 Å². The average molecular weight is 452 g/mol. The van der Waals surface area contributed by atoms with Gasteiger partial charge < -0.3 is 0 Å². The number of hydrogen-bond donors (Lipinski definition) is 0. The van der Waals surface area contributed by atoms with Crippen LogP contribution in [0.4, 0.5) is 8.78 Å². The quantitative estimate of drug-likeness (QED) is 0.286. The molecule has 0 heterocycles. The number of rotatable bonds is 8. The van der Waals surface area contributed by atoms with Crippen LogP contribution >= 0.6 is 0 Å². The first-order valence-electron chi connectivity index (χ1n) is 13.2. The second kappa shape index (κ2) is 13.5. The van der Waals surface area contributed by atoms with E-state index in [1.54, 1.807) is 0 Å². The van der Waals surface area contributed by atoms with Crippen LogP contribution in [0.3, 0.4) is 0 Å². The van der Waals surface area contributed by atoms with E-state index in [4.69, 9.17) is 5.26 Å². The molecule has 0 amide bonds. The van der Waals surface area contributed by atoms with Crippen LogP contribution in [0.2, 0.25) is 0 Å². The van der Waals surface area contributed by atoms with E-state index in [2.05, 4.69) is 24.8 Å². The molecular weight excluding hydrogens is 412 g/mol. The topological polar surface area (TPSA) is 23.8 Å². The summed E-state index contributed by atoms with van der Waals surface area (Å²) >= 11 is 0. The van der Waals surface area contributed by atoms with Crippen molar-refractivity contribution < 1.29 is 8.78 Å². The summed E-state index contributed by atoms with van der Waals surface area (Å²) in [4.78, 5) is 0. The predicted molar refractivity (Wildman–Crippen MR) is 131 cm³/mol. The van der Waals surface area contributed by atoms with Gasteiger partial charge in [-0.3, -0.25) is 0 Å². The highest BCUT2D eigenvalue weighted by atomic mass is 19.1. The van der Waals surface area contributed by atoms with E-state index in [1.807, 2.05) is 6.08 Å². The second-order valence-electron chi connectivity index (χ2n) is 10.3. The Labute approximate surface area is 199 Å². The first-order valence-corrected chi connectivity index (χ1v) is 13.2. The molecule has 2 fully saturated rings. The normalized spacial score (nSPS) is 25.4. The molecule has 2 saturated carbocycles. The van der Waals surface area contributed by atoms with Crippen LogP contribution in [-0.2, 0) is 0 Å². The first-order chi connectivity index (χ1) is 16.1. The Morgan fingerprint density at radius 2 is 1.39 bits per heavy atom. The van der Waals surface area contributed by atoms with Gasteiger partial charge in [0.15, 0.2) is 0 Å². The highest BCUT2D eigenvalue weighted by Gasteiger charge is 2.24. The fourth-order valence-electron chi connectivity index (χ4n) is 5.69. The minimum absolute atomic E-state index is 0.257. The largest absolute Gasteiger partial charge is 0.205 e. The van der Waals surface area contributed by atoms with Crippen LogP contribution in [0.1, 0.15) is 108 Å². The monoisotopic (exact) mass is 451 g/mol. The molecule has 0 aliphatic heterocycles. The van der Waals surface area contributed by atoms with Crippen molar-refractivity contribution in [3.05, 3.63) is 47.0 Å². The Morgan fingerprint density at radius 3 is 1.94 bits per heavy atom. The van der Waals surface area contributed by atoms with Crippen LogP contribution in [0.5, 0.6) is 0 Å². The molecule has 2 aliphatic rings.